The van der Waals surface area contributed by atoms with E-state index >= 15 is 0 Å². The third-order valence-corrected chi connectivity index (χ3v) is 1.97. The molecule has 1 N–H and O–H groups in total. The van der Waals surface area contributed by atoms with Gasteiger partial charge in [0.25, 0.3) is 0 Å². The van der Waals surface area contributed by atoms with E-state index < -0.39 is 0 Å². The molecular formula is C7H14O2. The lowest BCUT2D eigenvalue weighted by atomic mass is 9.95. The highest BCUT2D eigenvalue weighted by Crippen LogP contribution is 2.19. The maximum absolute atomic E-state index is 9.24. The van der Waals surface area contributed by atoms with Gasteiger partial charge in [-0.2, -0.15) is 0 Å². The summed E-state index contributed by atoms with van der Waals surface area (Å²) < 4.78 is 5.05. The van der Waals surface area contributed by atoms with Crippen molar-refractivity contribution < 1.29 is 9.84 Å². The average Bonchev–Trinajstić information content (AvgIpc) is 1.89. The summed E-state index contributed by atoms with van der Waals surface area (Å²) in [6.07, 6.45) is 4.20. The summed E-state index contributed by atoms with van der Waals surface area (Å²) in [4.78, 5) is 0. The van der Waals surface area contributed by atoms with E-state index in [2.05, 4.69) is 0 Å². The number of hydrogen-bond acceptors (Lipinski definition) is 2. The van der Waals surface area contributed by atoms with Crippen molar-refractivity contribution in [2.75, 3.05) is 7.11 Å². The van der Waals surface area contributed by atoms with Crippen molar-refractivity contribution in [1.82, 2.24) is 0 Å². The fourth-order valence-electron chi connectivity index (χ4n) is 1.35. The molecule has 0 saturated heterocycles. The Kier molecular flexibility index (Phi) is 2.49. The van der Waals surface area contributed by atoms with E-state index in [0.717, 1.165) is 19.3 Å². The van der Waals surface area contributed by atoms with Crippen LogP contribution in [0.3, 0.4) is 0 Å². The molecule has 0 spiro atoms. The molecule has 0 aromatic carbocycles. The maximum Gasteiger partial charge on any atom is 0.0830 e. The molecule has 2 nitrogen and oxygen atoms in total. The largest absolute Gasteiger partial charge is 0.390 e. The molecule has 2 atom stereocenters. The Hall–Kier alpha value is -0.0800. The van der Waals surface area contributed by atoms with Gasteiger partial charge in [0.1, 0.15) is 0 Å². The maximum atomic E-state index is 9.24. The van der Waals surface area contributed by atoms with Crippen LogP contribution in [0.15, 0.2) is 0 Å². The molecule has 0 amide bonds. The molecule has 54 valence electrons. The van der Waals surface area contributed by atoms with E-state index in [1.54, 1.807) is 7.11 Å². The Morgan fingerprint density at radius 2 is 2.00 bits per heavy atom. The van der Waals surface area contributed by atoms with Crippen molar-refractivity contribution in [2.24, 2.45) is 0 Å². The Bertz CT molecular complexity index is 83.0. The normalized spacial score (nSPS) is 36.7. The zero-order valence-corrected chi connectivity index (χ0v) is 5.84. The SMILES string of the molecule is CO[C@H]1CCCCC1O. The van der Waals surface area contributed by atoms with Gasteiger partial charge in [-0.05, 0) is 12.8 Å². The molecule has 0 heterocycles. The molecule has 0 aromatic rings. The van der Waals surface area contributed by atoms with Crippen molar-refractivity contribution in [3.8, 4) is 0 Å². The summed E-state index contributed by atoms with van der Waals surface area (Å²) in [6.45, 7) is 0. The minimum absolute atomic E-state index is 0.110. The Morgan fingerprint density at radius 1 is 1.33 bits per heavy atom. The summed E-state index contributed by atoms with van der Waals surface area (Å²) in [5.74, 6) is 0. The lowest BCUT2D eigenvalue weighted by Crippen LogP contribution is -2.30. The number of ether oxygens (including phenoxy) is 1. The quantitative estimate of drug-likeness (QED) is 0.572. The fourth-order valence-corrected chi connectivity index (χ4v) is 1.35. The molecule has 1 saturated carbocycles. The first-order valence-electron chi connectivity index (χ1n) is 3.55. The van der Waals surface area contributed by atoms with E-state index in [-0.39, 0.29) is 12.2 Å². The third kappa shape index (κ3) is 1.66. The van der Waals surface area contributed by atoms with E-state index in [1.807, 2.05) is 0 Å². The van der Waals surface area contributed by atoms with Gasteiger partial charge < -0.3 is 9.84 Å². The van der Waals surface area contributed by atoms with Gasteiger partial charge >= 0.3 is 0 Å². The number of rotatable bonds is 1. The topological polar surface area (TPSA) is 29.5 Å². The van der Waals surface area contributed by atoms with Crippen molar-refractivity contribution in [3.63, 3.8) is 0 Å². The lowest BCUT2D eigenvalue weighted by Gasteiger charge is -2.25. The summed E-state index contributed by atoms with van der Waals surface area (Å²) in [5, 5.41) is 9.24. The van der Waals surface area contributed by atoms with Gasteiger partial charge in [-0.1, -0.05) is 12.8 Å². The highest BCUT2D eigenvalue weighted by Gasteiger charge is 2.21. The predicted octanol–water partition coefficient (Wildman–Crippen LogP) is 0.936. The molecular weight excluding hydrogens is 116 g/mol. The van der Waals surface area contributed by atoms with Crippen LogP contribution in [-0.4, -0.2) is 24.4 Å². The van der Waals surface area contributed by atoms with Crippen LogP contribution in [-0.2, 0) is 4.74 Å². The van der Waals surface area contributed by atoms with Gasteiger partial charge in [-0.15, -0.1) is 0 Å². The number of aliphatic hydroxyl groups is 1. The molecule has 1 unspecified atom stereocenters. The minimum Gasteiger partial charge on any atom is -0.390 e. The van der Waals surface area contributed by atoms with Gasteiger partial charge in [-0.25, -0.2) is 0 Å². The van der Waals surface area contributed by atoms with Crippen LogP contribution < -0.4 is 0 Å². The van der Waals surface area contributed by atoms with Crippen molar-refractivity contribution in [1.29, 1.82) is 0 Å². The van der Waals surface area contributed by atoms with E-state index in [9.17, 15) is 5.11 Å². The van der Waals surface area contributed by atoms with Crippen LogP contribution in [0, 0.1) is 0 Å². The average molecular weight is 130 g/mol. The molecule has 1 aliphatic rings. The standard InChI is InChI=1S/C7H14O2/c1-9-7-5-3-2-4-6(7)8/h6-8H,2-5H2,1H3/t6?,7-/m0/s1. The predicted molar refractivity (Wildman–Crippen MR) is 35.3 cm³/mol. The fraction of sp³-hybridized carbons (Fsp3) is 1.00. The van der Waals surface area contributed by atoms with Crippen LogP contribution >= 0.6 is 0 Å². The first-order chi connectivity index (χ1) is 4.34. The van der Waals surface area contributed by atoms with Crippen LogP contribution in [0.5, 0.6) is 0 Å². The zero-order chi connectivity index (χ0) is 6.69. The van der Waals surface area contributed by atoms with Gasteiger partial charge in [0.05, 0.1) is 12.2 Å². The number of methoxy groups -OCH3 is 1. The zero-order valence-electron chi connectivity index (χ0n) is 5.84. The van der Waals surface area contributed by atoms with Gasteiger partial charge in [0.2, 0.25) is 0 Å². The summed E-state index contributed by atoms with van der Waals surface area (Å²) >= 11 is 0. The number of aliphatic hydroxyl groups excluding tert-OH is 1. The molecule has 9 heavy (non-hydrogen) atoms. The molecule has 0 radical (unpaired) electrons. The van der Waals surface area contributed by atoms with Gasteiger partial charge in [0, 0.05) is 7.11 Å². The Morgan fingerprint density at radius 3 is 2.44 bits per heavy atom. The van der Waals surface area contributed by atoms with Crippen LogP contribution in [0.4, 0.5) is 0 Å². The highest BCUT2D eigenvalue weighted by atomic mass is 16.5. The molecule has 2 heteroatoms. The van der Waals surface area contributed by atoms with Gasteiger partial charge in [-0.3, -0.25) is 0 Å². The van der Waals surface area contributed by atoms with Crippen molar-refractivity contribution in [2.45, 2.75) is 37.9 Å². The summed E-state index contributed by atoms with van der Waals surface area (Å²) in [7, 11) is 1.67. The molecule has 0 aliphatic heterocycles. The van der Waals surface area contributed by atoms with E-state index in [0.29, 0.717) is 0 Å². The monoisotopic (exact) mass is 130 g/mol. The Balaban J connectivity index is 2.30. The minimum atomic E-state index is -0.205. The van der Waals surface area contributed by atoms with E-state index in [4.69, 9.17) is 4.74 Å². The first kappa shape index (κ1) is 7.03. The third-order valence-electron chi connectivity index (χ3n) is 1.97. The molecule has 1 aliphatic carbocycles. The van der Waals surface area contributed by atoms with Crippen molar-refractivity contribution >= 4 is 0 Å². The van der Waals surface area contributed by atoms with Crippen LogP contribution in [0.1, 0.15) is 25.7 Å². The summed E-state index contributed by atoms with van der Waals surface area (Å²) in [6, 6.07) is 0. The van der Waals surface area contributed by atoms with Crippen LogP contribution in [0.25, 0.3) is 0 Å². The second-order valence-electron chi connectivity index (χ2n) is 2.63. The molecule has 0 bridgehead atoms. The summed E-state index contributed by atoms with van der Waals surface area (Å²) in [5.41, 5.74) is 0. The highest BCUT2D eigenvalue weighted by molar-refractivity contribution is 4.73. The van der Waals surface area contributed by atoms with Gasteiger partial charge in [0.15, 0.2) is 0 Å². The second kappa shape index (κ2) is 3.18. The molecule has 1 fully saturated rings. The second-order valence-corrected chi connectivity index (χ2v) is 2.63. The van der Waals surface area contributed by atoms with Crippen molar-refractivity contribution in [3.05, 3.63) is 0 Å². The van der Waals surface area contributed by atoms with E-state index in [1.165, 1.54) is 6.42 Å². The number of hydrogen-bond donors (Lipinski definition) is 1. The smallest absolute Gasteiger partial charge is 0.0830 e. The lowest BCUT2D eigenvalue weighted by molar-refractivity contribution is -0.0359. The Labute approximate surface area is 55.8 Å². The molecule has 1 rings (SSSR count). The van der Waals surface area contributed by atoms with Crippen LogP contribution in [0.2, 0.25) is 0 Å². The first-order valence-corrected chi connectivity index (χ1v) is 3.55. The molecule has 0 aromatic heterocycles.